The van der Waals surface area contributed by atoms with Crippen LogP contribution in [0.15, 0.2) is 6.07 Å². The minimum Gasteiger partial charge on any atom is -0.477 e. The number of fused-ring (bicyclic) bond motifs is 1. The SMILES string of the molecule is CCOc1nc2c(cc1C(=O)O)CCC2. The Morgan fingerprint density at radius 1 is 1.60 bits per heavy atom. The van der Waals surface area contributed by atoms with Gasteiger partial charge in [-0.25, -0.2) is 9.78 Å². The van der Waals surface area contributed by atoms with E-state index in [0.717, 1.165) is 30.5 Å². The lowest BCUT2D eigenvalue weighted by atomic mass is 10.1. The highest BCUT2D eigenvalue weighted by atomic mass is 16.5. The summed E-state index contributed by atoms with van der Waals surface area (Å²) in [5, 5.41) is 9.00. The lowest BCUT2D eigenvalue weighted by molar-refractivity contribution is 0.0691. The Labute approximate surface area is 87.9 Å². The summed E-state index contributed by atoms with van der Waals surface area (Å²) < 4.78 is 5.23. The molecule has 0 amide bonds. The zero-order valence-electron chi connectivity index (χ0n) is 8.62. The lowest BCUT2D eigenvalue weighted by Gasteiger charge is -2.08. The molecule has 0 aromatic carbocycles. The van der Waals surface area contributed by atoms with E-state index >= 15 is 0 Å². The van der Waals surface area contributed by atoms with Crippen LogP contribution in [0.4, 0.5) is 0 Å². The number of carboxylic acid groups (broad SMARTS) is 1. The maximum absolute atomic E-state index is 11.0. The smallest absolute Gasteiger partial charge is 0.341 e. The molecule has 15 heavy (non-hydrogen) atoms. The number of hydrogen-bond donors (Lipinski definition) is 1. The number of pyridine rings is 1. The Balaban J connectivity index is 2.47. The third-order valence-corrected chi connectivity index (χ3v) is 2.53. The van der Waals surface area contributed by atoms with Crippen LogP contribution >= 0.6 is 0 Å². The summed E-state index contributed by atoms with van der Waals surface area (Å²) in [6.45, 7) is 2.26. The van der Waals surface area contributed by atoms with Crippen molar-refractivity contribution in [3.63, 3.8) is 0 Å². The molecule has 4 nitrogen and oxygen atoms in total. The molecule has 2 rings (SSSR count). The van der Waals surface area contributed by atoms with E-state index in [9.17, 15) is 4.79 Å². The van der Waals surface area contributed by atoms with Gasteiger partial charge in [-0.2, -0.15) is 0 Å². The molecule has 0 spiro atoms. The predicted molar refractivity (Wildman–Crippen MR) is 54.4 cm³/mol. The maximum Gasteiger partial charge on any atom is 0.341 e. The van der Waals surface area contributed by atoms with Crippen molar-refractivity contribution in [2.75, 3.05) is 6.61 Å². The minimum absolute atomic E-state index is 0.178. The van der Waals surface area contributed by atoms with Crippen LogP contribution in [0.1, 0.15) is 35.0 Å². The molecular formula is C11H13NO3. The van der Waals surface area contributed by atoms with Gasteiger partial charge < -0.3 is 9.84 Å². The summed E-state index contributed by atoms with van der Waals surface area (Å²) in [5.41, 5.74) is 2.22. The van der Waals surface area contributed by atoms with E-state index in [1.807, 2.05) is 6.92 Å². The fraction of sp³-hybridized carbons (Fsp3) is 0.455. The molecule has 0 radical (unpaired) electrons. The van der Waals surface area contributed by atoms with Gasteiger partial charge >= 0.3 is 5.97 Å². The largest absolute Gasteiger partial charge is 0.477 e. The third-order valence-electron chi connectivity index (χ3n) is 2.53. The molecule has 0 fully saturated rings. The Hall–Kier alpha value is -1.58. The average Bonchev–Trinajstić information content (AvgIpc) is 2.63. The molecule has 0 unspecified atom stereocenters. The van der Waals surface area contributed by atoms with Gasteiger partial charge in [-0.1, -0.05) is 0 Å². The first-order chi connectivity index (χ1) is 7.22. The highest BCUT2D eigenvalue weighted by Gasteiger charge is 2.20. The van der Waals surface area contributed by atoms with E-state index in [4.69, 9.17) is 9.84 Å². The lowest BCUT2D eigenvalue weighted by Crippen LogP contribution is -2.07. The van der Waals surface area contributed by atoms with Crippen LogP contribution in [0, 0.1) is 0 Å². The summed E-state index contributed by atoms with van der Waals surface area (Å²) in [5.74, 6) is -0.716. The Morgan fingerprint density at radius 3 is 3.07 bits per heavy atom. The van der Waals surface area contributed by atoms with Crippen LogP contribution in [-0.4, -0.2) is 22.7 Å². The number of ether oxygens (including phenoxy) is 1. The molecule has 0 saturated carbocycles. The molecule has 1 aliphatic carbocycles. The maximum atomic E-state index is 11.0. The molecule has 1 heterocycles. The van der Waals surface area contributed by atoms with Crippen LogP contribution in [-0.2, 0) is 12.8 Å². The number of carboxylic acids is 1. The predicted octanol–water partition coefficient (Wildman–Crippen LogP) is 1.67. The van der Waals surface area contributed by atoms with Gasteiger partial charge in [0, 0.05) is 5.69 Å². The second kappa shape index (κ2) is 3.88. The molecule has 1 aliphatic rings. The number of aryl methyl sites for hydroxylation is 2. The standard InChI is InChI=1S/C11H13NO3/c1-2-15-10-8(11(13)14)6-7-4-3-5-9(7)12-10/h6H,2-5H2,1H3,(H,13,14). The van der Waals surface area contributed by atoms with Gasteiger partial charge in [0.1, 0.15) is 5.56 Å². The van der Waals surface area contributed by atoms with Gasteiger partial charge in [0.2, 0.25) is 5.88 Å². The molecule has 0 saturated heterocycles. The van der Waals surface area contributed by atoms with E-state index < -0.39 is 5.97 Å². The molecule has 1 aromatic heterocycles. The highest BCUT2D eigenvalue weighted by molar-refractivity contribution is 5.90. The van der Waals surface area contributed by atoms with Crippen molar-refractivity contribution in [1.29, 1.82) is 0 Å². The van der Waals surface area contributed by atoms with E-state index in [2.05, 4.69) is 4.98 Å². The van der Waals surface area contributed by atoms with Crippen LogP contribution in [0.5, 0.6) is 5.88 Å². The number of aromatic nitrogens is 1. The first kappa shape index (κ1) is 9.96. The molecule has 0 atom stereocenters. The molecule has 4 heteroatoms. The minimum atomic E-state index is -0.972. The zero-order chi connectivity index (χ0) is 10.8. The fourth-order valence-electron chi connectivity index (χ4n) is 1.85. The second-order valence-electron chi connectivity index (χ2n) is 3.54. The summed E-state index contributed by atoms with van der Waals surface area (Å²) in [6.07, 6.45) is 2.90. The van der Waals surface area contributed by atoms with Crippen molar-refractivity contribution in [2.45, 2.75) is 26.2 Å². The molecular weight excluding hydrogens is 194 g/mol. The van der Waals surface area contributed by atoms with E-state index in [1.165, 1.54) is 0 Å². The van der Waals surface area contributed by atoms with Crippen LogP contribution in [0.2, 0.25) is 0 Å². The second-order valence-corrected chi connectivity index (χ2v) is 3.54. The van der Waals surface area contributed by atoms with Gasteiger partial charge in [0.15, 0.2) is 0 Å². The van der Waals surface area contributed by atoms with Gasteiger partial charge in [-0.3, -0.25) is 0 Å². The number of hydrogen-bond acceptors (Lipinski definition) is 3. The summed E-state index contributed by atoms with van der Waals surface area (Å²) in [4.78, 5) is 15.2. The first-order valence-corrected chi connectivity index (χ1v) is 5.11. The molecule has 1 N–H and O–H groups in total. The Kier molecular flexibility index (Phi) is 2.58. The topological polar surface area (TPSA) is 59.4 Å². The van der Waals surface area contributed by atoms with Gasteiger partial charge in [-0.05, 0) is 37.8 Å². The Morgan fingerprint density at radius 2 is 2.40 bits per heavy atom. The van der Waals surface area contributed by atoms with Gasteiger partial charge in [-0.15, -0.1) is 0 Å². The summed E-state index contributed by atoms with van der Waals surface area (Å²) in [6, 6.07) is 1.70. The van der Waals surface area contributed by atoms with Crippen molar-refractivity contribution in [3.05, 3.63) is 22.9 Å². The van der Waals surface area contributed by atoms with Crippen LogP contribution < -0.4 is 4.74 Å². The molecule has 1 aromatic rings. The summed E-state index contributed by atoms with van der Waals surface area (Å²) >= 11 is 0. The van der Waals surface area contributed by atoms with E-state index in [1.54, 1.807) is 6.07 Å². The van der Waals surface area contributed by atoms with Crippen LogP contribution in [0.25, 0.3) is 0 Å². The van der Waals surface area contributed by atoms with Crippen molar-refractivity contribution < 1.29 is 14.6 Å². The van der Waals surface area contributed by atoms with Crippen molar-refractivity contribution >= 4 is 5.97 Å². The average molecular weight is 207 g/mol. The number of nitrogens with zero attached hydrogens (tertiary/aromatic N) is 1. The van der Waals surface area contributed by atoms with Gasteiger partial charge in [0.05, 0.1) is 6.61 Å². The van der Waals surface area contributed by atoms with Crippen molar-refractivity contribution in [3.8, 4) is 5.88 Å². The molecule has 80 valence electrons. The first-order valence-electron chi connectivity index (χ1n) is 5.11. The number of carbonyl (C=O) groups is 1. The quantitative estimate of drug-likeness (QED) is 0.819. The van der Waals surface area contributed by atoms with Crippen LogP contribution in [0.3, 0.4) is 0 Å². The number of rotatable bonds is 3. The van der Waals surface area contributed by atoms with E-state index in [-0.39, 0.29) is 11.4 Å². The third kappa shape index (κ3) is 1.79. The fourth-order valence-corrected chi connectivity index (χ4v) is 1.85. The zero-order valence-corrected chi connectivity index (χ0v) is 8.62. The number of aromatic carboxylic acids is 1. The van der Waals surface area contributed by atoms with Gasteiger partial charge in [0.25, 0.3) is 0 Å². The van der Waals surface area contributed by atoms with Crippen molar-refractivity contribution in [2.24, 2.45) is 0 Å². The molecule has 0 aliphatic heterocycles. The Bertz CT molecular complexity index is 401. The molecule has 0 bridgehead atoms. The monoisotopic (exact) mass is 207 g/mol. The highest BCUT2D eigenvalue weighted by Crippen LogP contribution is 2.26. The van der Waals surface area contributed by atoms with E-state index in [0.29, 0.717) is 6.61 Å². The van der Waals surface area contributed by atoms with Crippen molar-refractivity contribution in [1.82, 2.24) is 4.98 Å². The normalized spacial score (nSPS) is 13.7. The summed E-state index contributed by atoms with van der Waals surface area (Å²) in [7, 11) is 0.